The lowest BCUT2D eigenvalue weighted by molar-refractivity contribution is 0.995. The van der Waals surface area contributed by atoms with E-state index in [1.165, 1.54) is 16.7 Å². The van der Waals surface area contributed by atoms with Gasteiger partial charge in [0, 0.05) is 11.4 Å². The smallest absolute Gasteiger partial charge is 0.0960 e. The quantitative estimate of drug-likeness (QED) is 0.721. The minimum absolute atomic E-state index is 0.804. The molecule has 1 heterocycles. The number of anilines is 2. The summed E-state index contributed by atoms with van der Waals surface area (Å²) in [6.07, 6.45) is 2.83. The van der Waals surface area contributed by atoms with Crippen molar-refractivity contribution in [3.63, 3.8) is 0 Å². The van der Waals surface area contributed by atoms with Crippen LogP contribution in [0, 0.1) is 0 Å². The van der Waals surface area contributed by atoms with Crippen molar-refractivity contribution in [2.75, 3.05) is 10.6 Å². The van der Waals surface area contributed by atoms with Gasteiger partial charge in [-0.25, -0.2) is 4.99 Å². The summed E-state index contributed by atoms with van der Waals surface area (Å²) in [6.45, 7) is 0.858. The number of benzene rings is 3. The van der Waals surface area contributed by atoms with Gasteiger partial charge >= 0.3 is 0 Å². The maximum atomic E-state index is 5.74. The van der Waals surface area contributed by atoms with E-state index in [-0.39, 0.29) is 0 Å². The van der Waals surface area contributed by atoms with E-state index in [1.54, 1.807) is 0 Å². The van der Waals surface area contributed by atoms with Crippen molar-refractivity contribution in [1.82, 2.24) is 0 Å². The molecule has 0 aromatic heterocycles. The molecule has 3 heteroatoms. The van der Waals surface area contributed by atoms with Crippen molar-refractivity contribution >= 4 is 23.4 Å². The van der Waals surface area contributed by atoms with Crippen molar-refractivity contribution in [2.45, 2.75) is 13.0 Å². The molecule has 0 atom stereocenters. The van der Waals surface area contributed by atoms with Crippen LogP contribution in [0.25, 0.3) is 0 Å². The summed E-state index contributed by atoms with van der Waals surface area (Å²) < 4.78 is 0. The van der Waals surface area contributed by atoms with Gasteiger partial charge in [0.2, 0.25) is 0 Å². The number of nitrogen functional groups attached to an aromatic ring is 1. The zero-order chi connectivity index (χ0) is 16.4. The highest BCUT2D eigenvalue weighted by Crippen LogP contribution is 2.27. The van der Waals surface area contributed by atoms with Gasteiger partial charge in [0.05, 0.1) is 18.6 Å². The minimum atomic E-state index is 0.804. The van der Waals surface area contributed by atoms with Crippen molar-refractivity contribution in [2.24, 2.45) is 4.99 Å². The Balaban J connectivity index is 1.49. The minimum Gasteiger partial charge on any atom is -0.399 e. The number of rotatable bonds is 3. The van der Waals surface area contributed by atoms with Crippen LogP contribution in [0.5, 0.6) is 0 Å². The zero-order valence-electron chi connectivity index (χ0n) is 13.4. The van der Waals surface area contributed by atoms with E-state index in [9.17, 15) is 0 Å². The van der Waals surface area contributed by atoms with Gasteiger partial charge in [0.25, 0.3) is 0 Å². The first-order valence-electron chi connectivity index (χ1n) is 8.10. The summed E-state index contributed by atoms with van der Waals surface area (Å²) >= 11 is 0. The first kappa shape index (κ1) is 14.5. The number of hydrogen-bond acceptors (Lipinski definition) is 3. The lowest BCUT2D eigenvalue weighted by Gasteiger charge is -2.24. The lowest BCUT2D eigenvalue weighted by atomic mass is 10.0. The summed E-state index contributed by atoms with van der Waals surface area (Å²) in [4.78, 5) is 6.71. The van der Waals surface area contributed by atoms with Gasteiger partial charge in [-0.3, -0.25) is 0 Å². The fourth-order valence-corrected chi connectivity index (χ4v) is 2.96. The molecule has 0 fully saturated rings. The third-order valence-corrected chi connectivity index (χ3v) is 4.32. The average Bonchev–Trinajstić information content (AvgIpc) is 2.64. The van der Waals surface area contributed by atoms with Gasteiger partial charge in [0.1, 0.15) is 0 Å². The van der Waals surface area contributed by atoms with E-state index in [0.29, 0.717) is 0 Å². The Morgan fingerprint density at radius 2 is 1.50 bits per heavy atom. The van der Waals surface area contributed by atoms with Crippen molar-refractivity contribution in [1.29, 1.82) is 0 Å². The molecular weight excluding hydrogens is 294 g/mol. The monoisotopic (exact) mass is 313 g/mol. The van der Waals surface area contributed by atoms with Crippen LogP contribution >= 0.6 is 0 Å². The van der Waals surface area contributed by atoms with Gasteiger partial charge < -0.3 is 10.6 Å². The van der Waals surface area contributed by atoms with E-state index in [0.717, 1.165) is 30.0 Å². The number of aliphatic imine (C=N–C) groups is 1. The Morgan fingerprint density at radius 1 is 0.833 bits per heavy atom. The third-order valence-electron chi connectivity index (χ3n) is 4.32. The Hall–Kier alpha value is -3.07. The third kappa shape index (κ3) is 3.01. The van der Waals surface area contributed by atoms with Crippen LogP contribution in [-0.2, 0) is 13.0 Å². The van der Waals surface area contributed by atoms with Crippen molar-refractivity contribution in [3.8, 4) is 0 Å². The molecule has 4 rings (SSSR count). The number of hydrogen-bond donors (Lipinski definition) is 1. The van der Waals surface area contributed by atoms with Gasteiger partial charge in [-0.1, -0.05) is 42.5 Å². The van der Waals surface area contributed by atoms with Crippen LogP contribution in [0.15, 0.2) is 77.8 Å². The van der Waals surface area contributed by atoms with Gasteiger partial charge in [-0.15, -0.1) is 0 Å². The number of nitrogens with two attached hydrogens (primary N) is 1. The first-order valence-corrected chi connectivity index (χ1v) is 8.10. The fraction of sp³-hybridized carbons (Fsp3) is 0.0952. The fourth-order valence-electron chi connectivity index (χ4n) is 2.96. The maximum absolute atomic E-state index is 5.74. The number of fused-ring (bicyclic) bond motifs is 1. The molecule has 1 aliphatic heterocycles. The summed E-state index contributed by atoms with van der Waals surface area (Å²) in [7, 11) is 0. The normalized spacial score (nSPS) is 12.9. The molecule has 2 N–H and O–H groups in total. The Morgan fingerprint density at radius 3 is 2.25 bits per heavy atom. The molecule has 118 valence electrons. The van der Waals surface area contributed by atoms with Crippen LogP contribution in [0.4, 0.5) is 17.1 Å². The van der Waals surface area contributed by atoms with Crippen LogP contribution < -0.4 is 10.6 Å². The first-order chi connectivity index (χ1) is 11.8. The molecular formula is C21H19N3. The molecule has 0 spiro atoms. The predicted molar refractivity (Wildman–Crippen MR) is 101 cm³/mol. The number of nitrogens with zero attached hydrogens (tertiary/aromatic N) is 2. The van der Waals surface area contributed by atoms with E-state index < -0.39 is 0 Å². The molecule has 3 aromatic rings. The highest BCUT2D eigenvalue weighted by molar-refractivity contribution is 5.84. The summed E-state index contributed by atoms with van der Waals surface area (Å²) in [5.74, 6) is 0. The molecule has 1 aliphatic rings. The highest BCUT2D eigenvalue weighted by Gasteiger charge is 2.12. The van der Waals surface area contributed by atoms with Crippen LogP contribution in [-0.4, -0.2) is 6.34 Å². The largest absolute Gasteiger partial charge is 0.399 e. The molecule has 0 radical (unpaired) electrons. The molecule has 0 amide bonds. The van der Waals surface area contributed by atoms with E-state index >= 15 is 0 Å². The summed E-state index contributed by atoms with van der Waals surface area (Å²) in [5.41, 5.74) is 12.6. The Kier molecular flexibility index (Phi) is 3.75. The molecule has 0 saturated carbocycles. The molecule has 0 saturated heterocycles. The summed E-state index contributed by atoms with van der Waals surface area (Å²) in [5, 5.41) is 0. The predicted octanol–water partition coefficient (Wildman–Crippen LogP) is 4.54. The summed E-state index contributed by atoms with van der Waals surface area (Å²) in [6, 6.07) is 25.0. The standard InChI is InChI=1S/C21H19N3/c22-19-9-5-16(6-10-19)13-17-7-11-20(12-8-17)24-14-18-3-1-2-4-21(18)23-15-24/h1-12,15H,13-14,22H2. The zero-order valence-corrected chi connectivity index (χ0v) is 13.4. The topological polar surface area (TPSA) is 41.6 Å². The highest BCUT2D eigenvalue weighted by atomic mass is 15.2. The second-order valence-corrected chi connectivity index (χ2v) is 6.09. The molecule has 0 unspecified atom stereocenters. The Bertz CT molecular complexity index is 864. The van der Waals surface area contributed by atoms with Crippen molar-refractivity contribution < 1.29 is 0 Å². The number of para-hydroxylation sites is 1. The Labute approximate surface area is 142 Å². The lowest BCUT2D eigenvalue weighted by Crippen LogP contribution is -2.23. The van der Waals surface area contributed by atoms with Gasteiger partial charge in [-0.05, 0) is 53.4 Å². The average molecular weight is 313 g/mol. The molecule has 24 heavy (non-hydrogen) atoms. The molecule has 0 aliphatic carbocycles. The van der Waals surface area contributed by atoms with E-state index in [1.807, 2.05) is 24.5 Å². The van der Waals surface area contributed by atoms with Gasteiger partial charge in [-0.2, -0.15) is 0 Å². The maximum Gasteiger partial charge on any atom is 0.0960 e. The second kappa shape index (κ2) is 6.20. The van der Waals surface area contributed by atoms with Gasteiger partial charge in [0.15, 0.2) is 0 Å². The van der Waals surface area contributed by atoms with Crippen LogP contribution in [0.3, 0.4) is 0 Å². The van der Waals surface area contributed by atoms with E-state index in [2.05, 4.69) is 64.5 Å². The van der Waals surface area contributed by atoms with Crippen LogP contribution in [0.2, 0.25) is 0 Å². The van der Waals surface area contributed by atoms with E-state index in [4.69, 9.17) is 5.73 Å². The van der Waals surface area contributed by atoms with Crippen molar-refractivity contribution in [3.05, 3.63) is 89.5 Å². The molecule has 3 nitrogen and oxygen atoms in total. The second-order valence-electron chi connectivity index (χ2n) is 6.09. The van der Waals surface area contributed by atoms with Crippen LogP contribution in [0.1, 0.15) is 16.7 Å². The molecule has 3 aromatic carbocycles. The molecule has 0 bridgehead atoms. The SMILES string of the molecule is Nc1ccc(Cc2ccc(N3C=Nc4ccccc4C3)cc2)cc1.